The third-order valence-electron chi connectivity index (χ3n) is 1.77. The van der Waals surface area contributed by atoms with Gasteiger partial charge < -0.3 is 4.74 Å². The number of alkyl halides is 1. The number of rotatable bonds is 5. The Morgan fingerprint density at radius 2 is 1.93 bits per heavy atom. The smallest absolute Gasteiger partial charge is 0.338 e. The van der Waals surface area contributed by atoms with Crippen molar-refractivity contribution >= 4 is 5.97 Å². The molecule has 0 aliphatic heterocycles. The van der Waals surface area contributed by atoms with Gasteiger partial charge in [-0.2, -0.15) is 0 Å². The van der Waals surface area contributed by atoms with Gasteiger partial charge in [-0.3, -0.25) is 4.39 Å². The van der Waals surface area contributed by atoms with E-state index in [1.54, 1.807) is 24.3 Å². The summed E-state index contributed by atoms with van der Waals surface area (Å²) in [6.07, 6.45) is 1.02. The van der Waals surface area contributed by atoms with Crippen LogP contribution in [-0.2, 0) is 4.74 Å². The quantitative estimate of drug-likeness (QED) is 0.534. The molecule has 3 heteroatoms. The Hall–Kier alpha value is -1.38. The number of benzene rings is 1. The Balaban J connectivity index is 2.29. The Morgan fingerprint density at radius 3 is 2.57 bits per heavy atom. The first-order valence-electron chi connectivity index (χ1n) is 4.62. The second-order valence-electron chi connectivity index (χ2n) is 2.90. The van der Waals surface area contributed by atoms with E-state index >= 15 is 0 Å². The molecule has 1 aromatic rings. The van der Waals surface area contributed by atoms with Crippen molar-refractivity contribution in [2.75, 3.05) is 13.3 Å². The molecular formula is C11H13FO2. The third-order valence-corrected chi connectivity index (χ3v) is 1.77. The van der Waals surface area contributed by atoms with Crippen molar-refractivity contribution in [1.82, 2.24) is 0 Å². The largest absolute Gasteiger partial charge is 0.462 e. The van der Waals surface area contributed by atoms with Crippen LogP contribution in [0.15, 0.2) is 30.3 Å². The summed E-state index contributed by atoms with van der Waals surface area (Å²) in [6.45, 7) is -0.0689. The van der Waals surface area contributed by atoms with Gasteiger partial charge in [0.15, 0.2) is 0 Å². The van der Waals surface area contributed by atoms with Crippen LogP contribution in [0.1, 0.15) is 23.2 Å². The Labute approximate surface area is 82.7 Å². The van der Waals surface area contributed by atoms with Crippen molar-refractivity contribution in [1.29, 1.82) is 0 Å². The van der Waals surface area contributed by atoms with Gasteiger partial charge in [0.25, 0.3) is 0 Å². The standard InChI is InChI=1S/C11H13FO2/c12-8-4-5-9-14-11(13)10-6-2-1-3-7-10/h1-3,6-7H,4-5,8-9H2. The molecule has 76 valence electrons. The van der Waals surface area contributed by atoms with E-state index in [0.29, 0.717) is 18.4 Å². The van der Waals surface area contributed by atoms with Gasteiger partial charge >= 0.3 is 5.97 Å². The summed E-state index contributed by atoms with van der Waals surface area (Å²) in [5.74, 6) is -0.343. The first-order chi connectivity index (χ1) is 6.84. The maximum atomic E-state index is 11.7. The molecule has 1 rings (SSSR count). The minimum atomic E-state index is -0.358. The summed E-state index contributed by atoms with van der Waals surface area (Å²) in [4.78, 5) is 11.3. The van der Waals surface area contributed by atoms with Crippen molar-refractivity contribution in [2.24, 2.45) is 0 Å². The zero-order chi connectivity index (χ0) is 10.2. The van der Waals surface area contributed by atoms with Crippen molar-refractivity contribution in [3.05, 3.63) is 35.9 Å². The average molecular weight is 196 g/mol. The predicted octanol–water partition coefficient (Wildman–Crippen LogP) is 2.59. The lowest BCUT2D eigenvalue weighted by Gasteiger charge is -2.02. The highest BCUT2D eigenvalue weighted by atomic mass is 19.1. The van der Waals surface area contributed by atoms with Crippen LogP contribution in [0.3, 0.4) is 0 Å². The lowest BCUT2D eigenvalue weighted by molar-refractivity contribution is 0.0496. The lowest BCUT2D eigenvalue weighted by Crippen LogP contribution is -2.06. The zero-order valence-corrected chi connectivity index (χ0v) is 7.91. The van der Waals surface area contributed by atoms with E-state index in [9.17, 15) is 9.18 Å². The number of hydrogen-bond acceptors (Lipinski definition) is 2. The molecule has 0 aliphatic rings. The van der Waals surface area contributed by atoms with Crippen LogP contribution >= 0.6 is 0 Å². The molecule has 0 atom stereocenters. The van der Waals surface area contributed by atoms with Gasteiger partial charge in [0, 0.05) is 0 Å². The van der Waals surface area contributed by atoms with E-state index in [2.05, 4.69) is 0 Å². The zero-order valence-electron chi connectivity index (χ0n) is 7.91. The van der Waals surface area contributed by atoms with E-state index in [1.807, 2.05) is 6.07 Å². The number of halogens is 1. The highest BCUT2D eigenvalue weighted by Crippen LogP contribution is 2.01. The number of hydrogen-bond donors (Lipinski definition) is 0. The third kappa shape index (κ3) is 3.56. The molecule has 14 heavy (non-hydrogen) atoms. The number of esters is 1. The summed E-state index contributed by atoms with van der Waals surface area (Å²) in [5.41, 5.74) is 0.535. The molecule has 0 heterocycles. The maximum Gasteiger partial charge on any atom is 0.338 e. The van der Waals surface area contributed by atoms with Gasteiger partial charge in [-0.15, -0.1) is 0 Å². The molecule has 0 saturated heterocycles. The minimum Gasteiger partial charge on any atom is -0.462 e. The number of ether oxygens (including phenoxy) is 1. The van der Waals surface area contributed by atoms with Crippen molar-refractivity contribution < 1.29 is 13.9 Å². The van der Waals surface area contributed by atoms with Crippen LogP contribution in [-0.4, -0.2) is 19.3 Å². The van der Waals surface area contributed by atoms with Gasteiger partial charge in [0.1, 0.15) is 0 Å². The van der Waals surface area contributed by atoms with Crippen LogP contribution in [0.25, 0.3) is 0 Å². The average Bonchev–Trinajstić information content (AvgIpc) is 2.25. The summed E-state index contributed by atoms with van der Waals surface area (Å²) < 4.78 is 16.6. The van der Waals surface area contributed by atoms with Crippen LogP contribution in [0.4, 0.5) is 4.39 Å². The van der Waals surface area contributed by atoms with Crippen molar-refractivity contribution in [2.45, 2.75) is 12.8 Å². The van der Waals surface area contributed by atoms with Gasteiger partial charge in [-0.25, -0.2) is 4.79 Å². The first-order valence-corrected chi connectivity index (χ1v) is 4.62. The van der Waals surface area contributed by atoms with Crippen LogP contribution in [0.2, 0.25) is 0 Å². The number of unbranched alkanes of at least 4 members (excludes halogenated alkanes) is 1. The molecule has 1 aromatic carbocycles. The SMILES string of the molecule is O=C(OCCCCF)c1ccccc1. The molecule has 0 N–H and O–H groups in total. The molecule has 0 radical (unpaired) electrons. The molecule has 2 nitrogen and oxygen atoms in total. The summed E-state index contributed by atoms with van der Waals surface area (Å²) >= 11 is 0. The van der Waals surface area contributed by atoms with Crippen molar-refractivity contribution in [3.63, 3.8) is 0 Å². The van der Waals surface area contributed by atoms with Gasteiger partial charge in [0.05, 0.1) is 18.8 Å². The second kappa shape index (κ2) is 6.13. The van der Waals surface area contributed by atoms with Gasteiger partial charge in [-0.1, -0.05) is 18.2 Å². The predicted molar refractivity (Wildman–Crippen MR) is 51.9 cm³/mol. The minimum absolute atomic E-state index is 0.289. The summed E-state index contributed by atoms with van der Waals surface area (Å²) in [6, 6.07) is 8.77. The fourth-order valence-corrected chi connectivity index (χ4v) is 1.02. The van der Waals surface area contributed by atoms with Gasteiger partial charge in [-0.05, 0) is 25.0 Å². The molecule has 0 aromatic heterocycles. The summed E-state index contributed by atoms with van der Waals surface area (Å²) in [5, 5.41) is 0. The molecule has 0 amide bonds. The molecule has 0 fully saturated rings. The Bertz CT molecular complexity index is 272. The van der Waals surface area contributed by atoms with E-state index in [4.69, 9.17) is 4.74 Å². The number of carbonyl (C=O) groups is 1. The van der Waals surface area contributed by atoms with Gasteiger partial charge in [0.2, 0.25) is 0 Å². The molecular weight excluding hydrogens is 183 g/mol. The molecule has 0 saturated carbocycles. The Morgan fingerprint density at radius 1 is 1.21 bits per heavy atom. The fourth-order valence-electron chi connectivity index (χ4n) is 1.02. The van der Waals surface area contributed by atoms with E-state index in [-0.39, 0.29) is 19.3 Å². The van der Waals surface area contributed by atoms with E-state index in [1.165, 1.54) is 0 Å². The maximum absolute atomic E-state index is 11.7. The molecule has 0 bridgehead atoms. The summed E-state index contributed by atoms with van der Waals surface area (Å²) in [7, 11) is 0. The van der Waals surface area contributed by atoms with Crippen LogP contribution < -0.4 is 0 Å². The van der Waals surface area contributed by atoms with Crippen molar-refractivity contribution in [3.8, 4) is 0 Å². The highest BCUT2D eigenvalue weighted by molar-refractivity contribution is 5.89. The Kier molecular flexibility index (Phi) is 4.69. The number of carbonyl (C=O) groups excluding carboxylic acids is 1. The molecule has 0 unspecified atom stereocenters. The first kappa shape index (κ1) is 10.7. The highest BCUT2D eigenvalue weighted by Gasteiger charge is 2.04. The van der Waals surface area contributed by atoms with E-state index in [0.717, 1.165) is 0 Å². The molecule has 0 aliphatic carbocycles. The van der Waals surface area contributed by atoms with Crippen LogP contribution in [0, 0.1) is 0 Å². The lowest BCUT2D eigenvalue weighted by atomic mass is 10.2. The fraction of sp³-hybridized carbons (Fsp3) is 0.364. The topological polar surface area (TPSA) is 26.3 Å². The second-order valence-corrected chi connectivity index (χ2v) is 2.90. The van der Waals surface area contributed by atoms with E-state index < -0.39 is 0 Å². The normalized spacial score (nSPS) is 9.79. The monoisotopic (exact) mass is 196 g/mol. The van der Waals surface area contributed by atoms with Crippen LogP contribution in [0.5, 0.6) is 0 Å². The molecule has 0 spiro atoms.